The molecule has 0 aromatic carbocycles. The lowest BCUT2D eigenvalue weighted by atomic mass is 10.1. The molecule has 0 spiro atoms. The van der Waals surface area contributed by atoms with Crippen LogP contribution in [0, 0.1) is 6.92 Å². The van der Waals surface area contributed by atoms with E-state index < -0.39 is 11.6 Å². The number of aromatic amines is 1. The summed E-state index contributed by atoms with van der Waals surface area (Å²) in [7, 11) is 0. The zero-order chi connectivity index (χ0) is 13.3. The van der Waals surface area contributed by atoms with Crippen LogP contribution in [0.2, 0.25) is 0 Å². The summed E-state index contributed by atoms with van der Waals surface area (Å²) < 4.78 is 4.65. The third-order valence-electron chi connectivity index (χ3n) is 2.54. The van der Waals surface area contributed by atoms with E-state index in [1.807, 2.05) is 0 Å². The molecule has 6 heteroatoms. The van der Waals surface area contributed by atoms with Crippen LogP contribution in [-0.2, 0) is 9.63 Å². The first-order valence-corrected chi connectivity index (χ1v) is 5.33. The zero-order valence-electron chi connectivity index (χ0n) is 10.2. The lowest BCUT2D eigenvalue weighted by Gasteiger charge is -1.95. The Morgan fingerprint density at radius 2 is 2.06 bits per heavy atom. The Kier molecular flexibility index (Phi) is 3.01. The molecule has 1 aromatic rings. The van der Waals surface area contributed by atoms with Crippen LogP contribution in [-0.4, -0.2) is 16.8 Å². The minimum absolute atomic E-state index is 0.390. The van der Waals surface area contributed by atoms with Gasteiger partial charge in [0.1, 0.15) is 0 Å². The molecule has 1 aromatic heterocycles. The fraction of sp³-hybridized carbons (Fsp3) is 0.250. The number of nitrogens with one attached hydrogen (secondary N) is 1. The van der Waals surface area contributed by atoms with Gasteiger partial charge in [0.15, 0.2) is 0 Å². The maximum absolute atomic E-state index is 11.4. The molecule has 1 N–H and O–H groups in total. The number of carbonyl (C=O) groups excluding carboxylic acids is 1. The largest absolute Gasteiger partial charge is 0.367 e. The van der Waals surface area contributed by atoms with Gasteiger partial charge in [0, 0.05) is 0 Å². The molecule has 0 aliphatic carbocycles. The SMILES string of the molecule is CC1=NOC(=O)/C1=C\C(C)=C\c1c(C)[nH]oc1=O. The Labute approximate surface area is 103 Å². The molecule has 2 heterocycles. The third-order valence-corrected chi connectivity index (χ3v) is 2.54. The van der Waals surface area contributed by atoms with Crippen molar-refractivity contribution in [3.05, 3.63) is 38.9 Å². The maximum atomic E-state index is 11.4. The van der Waals surface area contributed by atoms with E-state index in [0.717, 1.165) is 5.57 Å². The highest BCUT2D eigenvalue weighted by molar-refractivity contribution is 6.21. The van der Waals surface area contributed by atoms with E-state index in [1.165, 1.54) is 0 Å². The molecule has 0 atom stereocenters. The second-order valence-electron chi connectivity index (χ2n) is 4.03. The van der Waals surface area contributed by atoms with Crippen LogP contribution in [0.4, 0.5) is 0 Å². The van der Waals surface area contributed by atoms with Gasteiger partial charge in [-0.25, -0.2) is 14.7 Å². The molecule has 1 aliphatic rings. The first-order valence-electron chi connectivity index (χ1n) is 5.33. The van der Waals surface area contributed by atoms with Crippen molar-refractivity contribution in [2.45, 2.75) is 20.8 Å². The number of hydrogen-bond acceptors (Lipinski definition) is 5. The van der Waals surface area contributed by atoms with Crippen LogP contribution >= 0.6 is 0 Å². The van der Waals surface area contributed by atoms with Crippen molar-refractivity contribution >= 4 is 17.8 Å². The fourth-order valence-corrected chi connectivity index (χ4v) is 1.57. The standard InChI is InChI=1S/C12H12N2O4/c1-6(4-9-7(2)13-17-11(9)15)5-10-8(3)14-18-12(10)16/h4-5,13H,1-3H3/b6-4+,10-5-. The lowest BCUT2D eigenvalue weighted by Crippen LogP contribution is -2.02. The number of rotatable bonds is 2. The normalized spacial score (nSPS) is 18.2. The van der Waals surface area contributed by atoms with E-state index in [0.29, 0.717) is 22.5 Å². The van der Waals surface area contributed by atoms with Gasteiger partial charge in [0.05, 0.1) is 22.5 Å². The first kappa shape index (κ1) is 12.1. The molecule has 1 aliphatic heterocycles. The molecule has 94 valence electrons. The number of aryl methyl sites for hydroxylation is 1. The average Bonchev–Trinajstić information content (AvgIpc) is 2.79. The Hall–Kier alpha value is -2.37. The van der Waals surface area contributed by atoms with Gasteiger partial charge >= 0.3 is 11.6 Å². The van der Waals surface area contributed by atoms with Crippen molar-refractivity contribution < 1.29 is 14.2 Å². The van der Waals surface area contributed by atoms with Crippen molar-refractivity contribution in [1.82, 2.24) is 5.16 Å². The molecule has 0 unspecified atom stereocenters. The zero-order valence-corrected chi connectivity index (χ0v) is 10.2. The Balaban J connectivity index is 2.36. The van der Waals surface area contributed by atoms with Crippen molar-refractivity contribution in [2.75, 3.05) is 0 Å². The number of hydrogen-bond donors (Lipinski definition) is 1. The molecule has 0 radical (unpaired) electrons. The van der Waals surface area contributed by atoms with Crippen LogP contribution in [0.15, 0.2) is 31.7 Å². The third kappa shape index (κ3) is 2.17. The minimum atomic E-state index is -0.488. The predicted molar refractivity (Wildman–Crippen MR) is 65.0 cm³/mol. The number of carbonyl (C=O) groups is 1. The van der Waals surface area contributed by atoms with Gasteiger partial charge < -0.3 is 9.36 Å². The molecular formula is C12H12N2O4. The van der Waals surface area contributed by atoms with E-state index in [9.17, 15) is 9.59 Å². The van der Waals surface area contributed by atoms with Gasteiger partial charge in [0.2, 0.25) is 0 Å². The van der Waals surface area contributed by atoms with Crippen LogP contribution in [0.25, 0.3) is 6.08 Å². The van der Waals surface area contributed by atoms with Crippen molar-refractivity contribution in [3.63, 3.8) is 0 Å². The summed E-state index contributed by atoms with van der Waals surface area (Å²) in [5.41, 5.74) is 2.27. The van der Waals surface area contributed by atoms with Crippen LogP contribution in [0.1, 0.15) is 25.1 Å². The second-order valence-corrected chi connectivity index (χ2v) is 4.03. The molecule has 0 saturated heterocycles. The number of aromatic nitrogens is 1. The molecule has 0 bridgehead atoms. The number of H-pyrrole nitrogens is 1. The summed E-state index contributed by atoms with van der Waals surface area (Å²) in [6.07, 6.45) is 3.27. The summed E-state index contributed by atoms with van der Waals surface area (Å²) in [6, 6.07) is 0. The summed E-state index contributed by atoms with van der Waals surface area (Å²) in [4.78, 5) is 27.2. The monoisotopic (exact) mass is 248 g/mol. The quantitative estimate of drug-likeness (QED) is 0.635. The van der Waals surface area contributed by atoms with E-state index >= 15 is 0 Å². The number of nitrogens with zero attached hydrogens (tertiary/aromatic N) is 1. The van der Waals surface area contributed by atoms with Crippen molar-refractivity contribution in [2.24, 2.45) is 5.16 Å². The topological polar surface area (TPSA) is 84.7 Å². The maximum Gasteiger partial charge on any atom is 0.367 e. The Morgan fingerprint density at radius 3 is 2.56 bits per heavy atom. The lowest BCUT2D eigenvalue weighted by molar-refractivity contribution is -0.136. The average molecular weight is 248 g/mol. The molecule has 0 saturated carbocycles. The smallest absolute Gasteiger partial charge is 0.338 e. The minimum Gasteiger partial charge on any atom is -0.338 e. The number of oxime groups is 1. The van der Waals surface area contributed by atoms with E-state index in [-0.39, 0.29) is 0 Å². The molecule has 2 rings (SSSR count). The van der Waals surface area contributed by atoms with E-state index in [1.54, 1.807) is 32.9 Å². The highest BCUT2D eigenvalue weighted by Crippen LogP contribution is 2.15. The first-order chi connectivity index (χ1) is 8.49. The van der Waals surface area contributed by atoms with Gasteiger partial charge in [0.25, 0.3) is 0 Å². The van der Waals surface area contributed by atoms with Gasteiger partial charge in [-0.1, -0.05) is 5.16 Å². The highest BCUT2D eigenvalue weighted by Gasteiger charge is 2.21. The Morgan fingerprint density at radius 1 is 1.33 bits per heavy atom. The van der Waals surface area contributed by atoms with Gasteiger partial charge in [-0.15, -0.1) is 0 Å². The van der Waals surface area contributed by atoms with Gasteiger partial charge in [-0.3, -0.25) is 0 Å². The summed E-state index contributed by atoms with van der Waals surface area (Å²) in [5, 5.41) is 6.05. The van der Waals surface area contributed by atoms with E-state index in [2.05, 4.69) is 19.7 Å². The number of allylic oxidation sites excluding steroid dienone is 2. The summed E-state index contributed by atoms with van der Waals surface area (Å²) in [5.74, 6) is -0.488. The van der Waals surface area contributed by atoms with Crippen molar-refractivity contribution in [3.8, 4) is 0 Å². The summed E-state index contributed by atoms with van der Waals surface area (Å²) in [6.45, 7) is 5.19. The van der Waals surface area contributed by atoms with E-state index in [4.69, 9.17) is 0 Å². The van der Waals surface area contributed by atoms with Gasteiger partial charge in [-0.05, 0) is 38.5 Å². The highest BCUT2D eigenvalue weighted by atomic mass is 16.7. The summed E-state index contributed by atoms with van der Waals surface area (Å²) >= 11 is 0. The molecule has 6 nitrogen and oxygen atoms in total. The predicted octanol–water partition coefficient (Wildman–Crippen LogP) is 1.54. The van der Waals surface area contributed by atoms with Gasteiger partial charge in [-0.2, -0.15) is 0 Å². The van der Waals surface area contributed by atoms with Crippen LogP contribution in [0.5, 0.6) is 0 Å². The molecular weight excluding hydrogens is 236 g/mol. The van der Waals surface area contributed by atoms with Crippen LogP contribution in [0.3, 0.4) is 0 Å². The van der Waals surface area contributed by atoms with Crippen molar-refractivity contribution in [1.29, 1.82) is 0 Å². The fourth-order valence-electron chi connectivity index (χ4n) is 1.57. The van der Waals surface area contributed by atoms with Crippen LogP contribution < -0.4 is 5.63 Å². The molecule has 0 amide bonds. The second kappa shape index (κ2) is 4.48. The molecule has 18 heavy (non-hydrogen) atoms. The Bertz CT molecular complexity index is 643. The molecule has 0 fully saturated rings.